The minimum atomic E-state index is -0.315. The molecular formula is C24H19ClFN3O. The first-order valence-corrected chi connectivity index (χ1v) is 10.2. The Balaban J connectivity index is 1.52. The number of imidazole rings is 1. The van der Waals surface area contributed by atoms with Crippen molar-refractivity contribution in [1.29, 1.82) is 0 Å². The lowest BCUT2D eigenvalue weighted by Crippen LogP contribution is -2.24. The Labute approximate surface area is 178 Å². The maximum atomic E-state index is 13.3. The maximum absolute atomic E-state index is 13.3. The topological polar surface area (TPSA) is 38.1 Å². The van der Waals surface area contributed by atoms with Gasteiger partial charge in [-0.1, -0.05) is 35.9 Å². The molecule has 1 fully saturated rings. The van der Waals surface area contributed by atoms with Crippen LogP contribution in [0.2, 0.25) is 5.02 Å². The number of nitrogens with zero attached hydrogens (tertiary/aromatic N) is 3. The highest BCUT2D eigenvalue weighted by Gasteiger charge is 2.34. The van der Waals surface area contributed by atoms with Gasteiger partial charge in [0.1, 0.15) is 11.6 Å². The number of aromatic nitrogens is 2. The van der Waals surface area contributed by atoms with Crippen molar-refractivity contribution < 1.29 is 9.18 Å². The number of amides is 1. The fourth-order valence-electron chi connectivity index (χ4n) is 4.14. The van der Waals surface area contributed by atoms with Gasteiger partial charge in [-0.15, -0.1) is 0 Å². The lowest BCUT2D eigenvalue weighted by atomic mass is 10.1. The van der Waals surface area contributed by atoms with Crippen molar-refractivity contribution in [3.63, 3.8) is 0 Å². The Morgan fingerprint density at radius 2 is 1.83 bits per heavy atom. The number of para-hydroxylation sites is 2. The molecule has 0 radical (unpaired) electrons. The van der Waals surface area contributed by atoms with Crippen LogP contribution in [0.15, 0.2) is 72.8 Å². The van der Waals surface area contributed by atoms with Crippen LogP contribution < -0.4 is 4.90 Å². The molecule has 0 unspecified atom stereocenters. The van der Waals surface area contributed by atoms with E-state index in [1.807, 2.05) is 48.5 Å². The molecule has 2 heterocycles. The normalized spacial score (nSPS) is 16.5. The summed E-state index contributed by atoms with van der Waals surface area (Å²) in [7, 11) is 0. The molecule has 5 rings (SSSR count). The van der Waals surface area contributed by atoms with Gasteiger partial charge in [0.2, 0.25) is 5.91 Å². The molecule has 1 amide bonds. The van der Waals surface area contributed by atoms with Crippen molar-refractivity contribution in [2.75, 3.05) is 11.4 Å². The van der Waals surface area contributed by atoms with E-state index in [2.05, 4.69) is 4.57 Å². The second kappa shape index (κ2) is 7.58. The van der Waals surface area contributed by atoms with E-state index in [4.69, 9.17) is 16.6 Å². The van der Waals surface area contributed by atoms with Crippen LogP contribution in [0.5, 0.6) is 0 Å². The van der Waals surface area contributed by atoms with Crippen molar-refractivity contribution in [2.45, 2.75) is 18.9 Å². The monoisotopic (exact) mass is 419 g/mol. The van der Waals surface area contributed by atoms with Crippen LogP contribution in [-0.2, 0) is 11.3 Å². The number of carbonyl (C=O) groups excluding carboxylic acids is 1. The van der Waals surface area contributed by atoms with Gasteiger partial charge in [0.05, 0.1) is 11.0 Å². The lowest BCUT2D eigenvalue weighted by Gasteiger charge is -2.17. The SMILES string of the molecule is O=C1C[C@H](c2nc3ccccc3n2Cc2cccc(Cl)c2)CN1c1ccc(F)cc1. The predicted octanol–water partition coefficient (Wildman–Crippen LogP) is 5.40. The Morgan fingerprint density at radius 1 is 1.03 bits per heavy atom. The maximum Gasteiger partial charge on any atom is 0.227 e. The molecule has 6 heteroatoms. The summed E-state index contributed by atoms with van der Waals surface area (Å²) in [5.41, 5.74) is 3.72. The lowest BCUT2D eigenvalue weighted by molar-refractivity contribution is -0.117. The van der Waals surface area contributed by atoms with Crippen LogP contribution in [0.3, 0.4) is 0 Å². The van der Waals surface area contributed by atoms with Crippen LogP contribution >= 0.6 is 11.6 Å². The third-order valence-corrected chi connectivity index (χ3v) is 5.78. The van der Waals surface area contributed by atoms with Crippen molar-refractivity contribution in [2.24, 2.45) is 0 Å². The zero-order chi connectivity index (χ0) is 20.7. The Kier molecular flexibility index (Phi) is 4.75. The highest BCUT2D eigenvalue weighted by atomic mass is 35.5. The number of hydrogen-bond acceptors (Lipinski definition) is 2. The zero-order valence-electron chi connectivity index (χ0n) is 16.1. The molecule has 0 bridgehead atoms. The number of anilines is 1. The summed E-state index contributed by atoms with van der Waals surface area (Å²) in [6.45, 7) is 1.14. The molecular weight excluding hydrogens is 401 g/mol. The Morgan fingerprint density at radius 3 is 2.63 bits per heavy atom. The molecule has 0 aliphatic carbocycles. The van der Waals surface area contributed by atoms with Crippen LogP contribution in [0.25, 0.3) is 11.0 Å². The van der Waals surface area contributed by atoms with E-state index >= 15 is 0 Å². The van der Waals surface area contributed by atoms with E-state index in [9.17, 15) is 9.18 Å². The molecule has 1 aromatic heterocycles. The first-order valence-electron chi connectivity index (χ1n) is 9.84. The fraction of sp³-hybridized carbons (Fsp3) is 0.167. The summed E-state index contributed by atoms with van der Waals surface area (Å²) in [6.07, 6.45) is 0.371. The zero-order valence-corrected chi connectivity index (χ0v) is 16.9. The molecule has 1 aliphatic heterocycles. The Bertz CT molecular complexity index is 1230. The summed E-state index contributed by atoms with van der Waals surface area (Å²) in [4.78, 5) is 19.3. The number of halogens is 2. The van der Waals surface area contributed by atoms with Gasteiger partial charge in [-0.25, -0.2) is 9.37 Å². The van der Waals surface area contributed by atoms with E-state index in [1.165, 1.54) is 12.1 Å². The van der Waals surface area contributed by atoms with Crippen LogP contribution in [0.1, 0.15) is 23.7 Å². The number of hydrogen-bond donors (Lipinski definition) is 0. The molecule has 30 heavy (non-hydrogen) atoms. The Hall–Kier alpha value is -3.18. The molecule has 0 spiro atoms. The summed E-state index contributed by atoms with van der Waals surface area (Å²) < 4.78 is 15.5. The van der Waals surface area contributed by atoms with Gasteiger partial charge in [-0.2, -0.15) is 0 Å². The van der Waals surface area contributed by atoms with Crippen LogP contribution in [0, 0.1) is 5.82 Å². The van der Waals surface area contributed by atoms with Gasteiger partial charge in [0.25, 0.3) is 0 Å². The van der Waals surface area contributed by atoms with Crippen molar-refractivity contribution in [1.82, 2.24) is 9.55 Å². The molecule has 1 atom stereocenters. The van der Waals surface area contributed by atoms with Gasteiger partial charge < -0.3 is 9.47 Å². The van der Waals surface area contributed by atoms with Crippen molar-refractivity contribution in [3.05, 3.63) is 95.0 Å². The number of benzene rings is 3. The first kappa shape index (κ1) is 18.8. The summed E-state index contributed by atoms with van der Waals surface area (Å²) in [6, 6.07) is 21.8. The van der Waals surface area contributed by atoms with E-state index in [0.29, 0.717) is 30.2 Å². The number of fused-ring (bicyclic) bond motifs is 1. The average Bonchev–Trinajstić information content (AvgIpc) is 3.30. The summed E-state index contributed by atoms with van der Waals surface area (Å²) >= 11 is 6.18. The first-order chi connectivity index (χ1) is 14.6. The highest BCUT2D eigenvalue weighted by molar-refractivity contribution is 6.30. The average molecular weight is 420 g/mol. The predicted molar refractivity (Wildman–Crippen MR) is 116 cm³/mol. The second-order valence-electron chi connectivity index (χ2n) is 7.56. The van der Waals surface area contributed by atoms with Gasteiger partial charge in [0.15, 0.2) is 0 Å². The molecule has 4 nitrogen and oxygen atoms in total. The third kappa shape index (κ3) is 3.46. The number of carbonyl (C=O) groups is 1. The van der Waals surface area contributed by atoms with Gasteiger partial charge in [-0.05, 0) is 54.1 Å². The van der Waals surface area contributed by atoms with Crippen molar-refractivity contribution in [3.8, 4) is 0 Å². The quantitative estimate of drug-likeness (QED) is 0.444. The van der Waals surface area contributed by atoms with E-state index in [0.717, 1.165) is 22.4 Å². The number of rotatable bonds is 4. The second-order valence-corrected chi connectivity index (χ2v) is 7.99. The molecule has 0 saturated carbocycles. The van der Waals surface area contributed by atoms with Gasteiger partial charge in [-0.3, -0.25) is 4.79 Å². The van der Waals surface area contributed by atoms with Crippen LogP contribution in [-0.4, -0.2) is 22.0 Å². The minimum absolute atomic E-state index is 0.0213. The fourth-order valence-corrected chi connectivity index (χ4v) is 4.35. The largest absolute Gasteiger partial charge is 0.323 e. The third-order valence-electron chi connectivity index (χ3n) is 5.54. The standard InChI is InChI=1S/C24H19ClFN3O/c25-18-5-3-4-16(12-18)14-29-22-7-2-1-6-21(22)27-24(29)17-13-23(30)28(15-17)20-10-8-19(26)9-11-20/h1-12,17H,13-15H2/t17-/m0/s1. The van der Waals surface area contributed by atoms with Crippen molar-refractivity contribution >= 4 is 34.2 Å². The summed E-state index contributed by atoms with van der Waals surface area (Å²) in [5, 5.41) is 0.692. The van der Waals surface area contributed by atoms with Gasteiger partial charge in [0, 0.05) is 36.1 Å². The molecule has 1 saturated heterocycles. The van der Waals surface area contributed by atoms with E-state index in [1.54, 1.807) is 17.0 Å². The molecule has 150 valence electrons. The van der Waals surface area contributed by atoms with Crippen LogP contribution in [0.4, 0.5) is 10.1 Å². The minimum Gasteiger partial charge on any atom is -0.323 e. The summed E-state index contributed by atoms with van der Waals surface area (Å²) in [5.74, 6) is 0.543. The molecule has 4 aromatic rings. The molecule has 3 aromatic carbocycles. The smallest absolute Gasteiger partial charge is 0.227 e. The molecule has 0 N–H and O–H groups in total. The van der Waals surface area contributed by atoms with E-state index in [-0.39, 0.29) is 17.6 Å². The highest BCUT2D eigenvalue weighted by Crippen LogP contribution is 2.33. The van der Waals surface area contributed by atoms with E-state index < -0.39 is 0 Å². The molecule has 1 aliphatic rings. The van der Waals surface area contributed by atoms with Gasteiger partial charge >= 0.3 is 0 Å².